The average molecular weight is 155 g/mol. The van der Waals surface area contributed by atoms with Crippen molar-refractivity contribution in [2.75, 3.05) is 26.8 Å². The zero-order valence-corrected chi connectivity index (χ0v) is 7.31. The van der Waals surface area contributed by atoms with Crippen LogP contribution < -0.4 is 0 Å². The van der Waals surface area contributed by atoms with Crippen molar-refractivity contribution in [3.63, 3.8) is 0 Å². The van der Waals surface area contributed by atoms with E-state index in [0.717, 1.165) is 19.8 Å². The SMILES string of the molecule is CN1CCOCC12CCCC2. The van der Waals surface area contributed by atoms with Gasteiger partial charge in [0.05, 0.1) is 13.2 Å². The number of hydrogen-bond donors (Lipinski definition) is 0. The molecule has 0 atom stereocenters. The van der Waals surface area contributed by atoms with Crippen molar-refractivity contribution in [3.05, 3.63) is 0 Å². The van der Waals surface area contributed by atoms with Gasteiger partial charge in [-0.1, -0.05) is 12.8 Å². The molecule has 2 fully saturated rings. The molecule has 0 radical (unpaired) electrons. The second-order valence-electron chi connectivity index (χ2n) is 3.91. The molecule has 0 N–H and O–H groups in total. The van der Waals surface area contributed by atoms with E-state index in [1.807, 2.05) is 0 Å². The molecule has 0 aromatic carbocycles. The molecule has 0 unspecified atom stereocenters. The summed E-state index contributed by atoms with van der Waals surface area (Å²) in [6.07, 6.45) is 5.49. The standard InChI is InChI=1S/C9H17NO/c1-10-6-7-11-8-9(10)4-2-3-5-9/h2-8H2,1H3. The number of ether oxygens (including phenoxy) is 1. The van der Waals surface area contributed by atoms with Gasteiger partial charge in [0.1, 0.15) is 0 Å². The summed E-state index contributed by atoms with van der Waals surface area (Å²) in [5, 5.41) is 0. The fraction of sp³-hybridized carbons (Fsp3) is 1.00. The molecule has 0 aromatic heterocycles. The Labute approximate surface area is 68.5 Å². The first-order chi connectivity index (χ1) is 5.33. The normalized spacial score (nSPS) is 31.4. The highest BCUT2D eigenvalue weighted by atomic mass is 16.5. The molecule has 2 heteroatoms. The molecular formula is C9H17NO. The molecule has 2 aliphatic rings. The first-order valence-electron chi connectivity index (χ1n) is 4.63. The van der Waals surface area contributed by atoms with Gasteiger partial charge in [-0.3, -0.25) is 4.90 Å². The first kappa shape index (κ1) is 7.56. The fourth-order valence-electron chi connectivity index (χ4n) is 2.37. The summed E-state index contributed by atoms with van der Waals surface area (Å²) in [4.78, 5) is 2.50. The lowest BCUT2D eigenvalue weighted by atomic mass is 9.96. The number of hydrogen-bond acceptors (Lipinski definition) is 2. The van der Waals surface area contributed by atoms with E-state index in [1.54, 1.807) is 0 Å². The van der Waals surface area contributed by atoms with Crippen LogP contribution in [0.25, 0.3) is 0 Å². The molecule has 11 heavy (non-hydrogen) atoms. The van der Waals surface area contributed by atoms with E-state index < -0.39 is 0 Å². The van der Waals surface area contributed by atoms with Crippen molar-refractivity contribution in [1.29, 1.82) is 0 Å². The lowest BCUT2D eigenvalue weighted by Gasteiger charge is -2.42. The smallest absolute Gasteiger partial charge is 0.0650 e. The van der Waals surface area contributed by atoms with Crippen LogP contribution in [0.1, 0.15) is 25.7 Å². The molecule has 1 heterocycles. The Morgan fingerprint density at radius 3 is 2.64 bits per heavy atom. The highest BCUT2D eigenvalue weighted by molar-refractivity contribution is 4.95. The van der Waals surface area contributed by atoms with Gasteiger partial charge in [0.2, 0.25) is 0 Å². The predicted octanol–water partition coefficient (Wildman–Crippen LogP) is 1.26. The van der Waals surface area contributed by atoms with Gasteiger partial charge >= 0.3 is 0 Å². The molecular weight excluding hydrogens is 138 g/mol. The van der Waals surface area contributed by atoms with Gasteiger partial charge < -0.3 is 4.74 Å². The summed E-state index contributed by atoms with van der Waals surface area (Å²) in [5.74, 6) is 0. The van der Waals surface area contributed by atoms with E-state index in [0.29, 0.717) is 5.54 Å². The minimum atomic E-state index is 0.443. The lowest BCUT2D eigenvalue weighted by Crippen LogP contribution is -2.53. The highest BCUT2D eigenvalue weighted by Crippen LogP contribution is 2.36. The van der Waals surface area contributed by atoms with Crippen molar-refractivity contribution >= 4 is 0 Å². The van der Waals surface area contributed by atoms with Gasteiger partial charge in [-0.15, -0.1) is 0 Å². The molecule has 64 valence electrons. The third kappa shape index (κ3) is 1.18. The van der Waals surface area contributed by atoms with Crippen LogP contribution in [0, 0.1) is 0 Å². The van der Waals surface area contributed by atoms with Crippen LogP contribution in [0.3, 0.4) is 0 Å². The second kappa shape index (κ2) is 2.76. The van der Waals surface area contributed by atoms with Gasteiger partial charge in [0.25, 0.3) is 0 Å². The van der Waals surface area contributed by atoms with Crippen LogP contribution in [0.2, 0.25) is 0 Å². The quantitative estimate of drug-likeness (QED) is 0.522. The molecule has 1 spiro atoms. The van der Waals surface area contributed by atoms with Crippen molar-refractivity contribution in [1.82, 2.24) is 4.90 Å². The van der Waals surface area contributed by atoms with Crippen molar-refractivity contribution in [3.8, 4) is 0 Å². The van der Waals surface area contributed by atoms with Gasteiger partial charge in [-0.2, -0.15) is 0 Å². The molecule has 2 rings (SSSR count). The lowest BCUT2D eigenvalue weighted by molar-refractivity contribution is -0.0524. The summed E-state index contributed by atoms with van der Waals surface area (Å²) in [7, 11) is 2.24. The van der Waals surface area contributed by atoms with Gasteiger partial charge in [-0.05, 0) is 19.9 Å². The molecule has 1 saturated carbocycles. The van der Waals surface area contributed by atoms with E-state index in [4.69, 9.17) is 4.74 Å². The van der Waals surface area contributed by atoms with Crippen LogP contribution >= 0.6 is 0 Å². The van der Waals surface area contributed by atoms with Gasteiger partial charge in [0.15, 0.2) is 0 Å². The van der Waals surface area contributed by atoms with Gasteiger partial charge in [0, 0.05) is 12.1 Å². The predicted molar refractivity (Wildman–Crippen MR) is 44.6 cm³/mol. The van der Waals surface area contributed by atoms with E-state index in [-0.39, 0.29) is 0 Å². The topological polar surface area (TPSA) is 12.5 Å². The fourth-order valence-corrected chi connectivity index (χ4v) is 2.37. The zero-order valence-electron chi connectivity index (χ0n) is 7.31. The van der Waals surface area contributed by atoms with Crippen LogP contribution in [-0.4, -0.2) is 37.2 Å². The largest absolute Gasteiger partial charge is 0.378 e. The number of nitrogens with zero attached hydrogens (tertiary/aromatic N) is 1. The molecule has 1 aliphatic carbocycles. The third-order valence-corrected chi connectivity index (χ3v) is 3.29. The summed E-state index contributed by atoms with van der Waals surface area (Å²) in [5.41, 5.74) is 0.443. The van der Waals surface area contributed by atoms with Crippen molar-refractivity contribution in [2.45, 2.75) is 31.2 Å². The Hall–Kier alpha value is -0.0800. The number of likely N-dealkylation sites (N-methyl/N-ethyl adjacent to an activating group) is 1. The van der Waals surface area contributed by atoms with Crippen molar-refractivity contribution in [2.24, 2.45) is 0 Å². The summed E-state index contributed by atoms with van der Waals surface area (Å²) < 4.78 is 5.54. The monoisotopic (exact) mass is 155 g/mol. The average Bonchev–Trinajstić information content (AvgIpc) is 2.46. The van der Waals surface area contributed by atoms with Crippen LogP contribution in [-0.2, 0) is 4.74 Å². The molecule has 0 aromatic rings. The number of morpholine rings is 1. The van der Waals surface area contributed by atoms with E-state index >= 15 is 0 Å². The summed E-state index contributed by atoms with van der Waals surface area (Å²) >= 11 is 0. The molecule has 1 saturated heterocycles. The van der Waals surface area contributed by atoms with Gasteiger partial charge in [-0.25, -0.2) is 0 Å². The number of rotatable bonds is 0. The van der Waals surface area contributed by atoms with E-state index in [1.165, 1.54) is 25.7 Å². The Balaban J connectivity index is 2.07. The second-order valence-corrected chi connectivity index (χ2v) is 3.91. The minimum Gasteiger partial charge on any atom is -0.378 e. The van der Waals surface area contributed by atoms with Crippen LogP contribution in [0.4, 0.5) is 0 Å². The van der Waals surface area contributed by atoms with E-state index in [2.05, 4.69) is 11.9 Å². The Kier molecular flexibility index (Phi) is 1.90. The minimum absolute atomic E-state index is 0.443. The molecule has 0 amide bonds. The maximum atomic E-state index is 5.54. The van der Waals surface area contributed by atoms with Crippen molar-refractivity contribution < 1.29 is 4.74 Å². The Morgan fingerprint density at radius 1 is 1.27 bits per heavy atom. The molecule has 2 nitrogen and oxygen atoms in total. The summed E-state index contributed by atoms with van der Waals surface area (Å²) in [6.45, 7) is 3.03. The van der Waals surface area contributed by atoms with Crippen LogP contribution in [0.5, 0.6) is 0 Å². The Morgan fingerprint density at radius 2 is 2.00 bits per heavy atom. The van der Waals surface area contributed by atoms with Crippen LogP contribution in [0.15, 0.2) is 0 Å². The Bertz CT molecular complexity index is 140. The van der Waals surface area contributed by atoms with E-state index in [9.17, 15) is 0 Å². The zero-order chi connectivity index (χ0) is 7.73. The maximum Gasteiger partial charge on any atom is 0.0650 e. The molecule has 0 bridgehead atoms. The molecule has 1 aliphatic heterocycles. The highest BCUT2D eigenvalue weighted by Gasteiger charge is 2.39. The first-order valence-corrected chi connectivity index (χ1v) is 4.63. The maximum absolute atomic E-state index is 5.54. The third-order valence-electron chi connectivity index (χ3n) is 3.29. The summed E-state index contributed by atoms with van der Waals surface area (Å²) in [6, 6.07) is 0.